The summed E-state index contributed by atoms with van der Waals surface area (Å²) in [6.45, 7) is 4.13. The van der Waals surface area contributed by atoms with E-state index in [1.165, 1.54) is 12.1 Å². The number of anilines is 2. The SMILES string of the molecule is CCC(C)Oc1ccc(NCC(=O)Nc2ccccc2F)cc1. The zero-order chi connectivity index (χ0) is 16.7. The molecule has 0 aliphatic heterocycles. The summed E-state index contributed by atoms with van der Waals surface area (Å²) in [6, 6.07) is 13.5. The molecule has 5 heteroatoms. The number of hydrogen-bond acceptors (Lipinski definition) is 3. The summed E-state index contributed by atoms with van der Waals surface area (Å²) in [4.78, 5) is 11.8. The van der Waals surface area contributed by atoms with E-state index in [2.05, 4.69) is 17.6 Å². The largest absolute Gasteiger partial charge is 0.491 e. The predicted molar refractivity (Wildman–Crippen MR) is 90.3 cm³/mol. The highest BCUT2D eigenvalue weighted by Crippen LogP contribution is 2.17. The average Bonchev–Trinajstić information content (AvgIpc) is 2.56. The number of nitrogens with one attached hydrogen (secondary N) is 2. The highest BCUT2D eigenvalue weighted by Gasteiger charge is 2.06. The Morgan fingerprint density at radius 2 is 1.87 bits per heavy atom. The molecule has 0 aromatic heterocycles. The number of carbonyl (C=O) groups is 1. The van der Waals surface area contributed by atoms with E-state index in [0.717, 1.165) is 17.9 Å². The van der Waals surface area contributed by atoms with Crippen molar-refractivity contribution in [3.63, 3.8) is 0 Å². The van der Waals surface area contributed by atoms with Gasteiger partial charge in [-0.25, -0.2) is 4.39 Å². The van der Waals surface area contributed by atoms with E-state index in [1.54, 1.807) is 12.1 Å². The van der Waals surface area contributed by atoms with Crippen molar-refractivity contribution < 1.29 is 13.9 Å². The number of rotatable bonds is 7. The molecule has 0 spiro atoms. The highest BCUT2D eigenvalue weighted by molar-refractivity contribution is 5.93. The standard InChI is InChI=1S/C18H21FN2O2/c1-3-13(2)23-15-10-8-14(9-11-15)20-12-18(22)21-17-7-5-4-6-16(17)19/h4-11,13,20H,3,12H2,1-2H3,(H,21,22). The van der Waals surface area contributed by atoms with E-state index >= 15 is 0 Å². The molecular formula is C18H21FN2O2. The second-order valence-electron chi connectivity index (χ2n) is 5.24. The minimum atomic E-state index is -0.451. The summed E-state index contributed by atoms with van der Waals surface area (Å²) in [6.07, 6.45) is 1.11. The second kappa shape index (κ2) is 8.17. The van der Waals surface area contributed by atoms with Crippen molar-refractivity contribution >= 4 is 17.3 Å². The fourth-order valence-corrected chi connectivity index (χ4v) is 1.91. The van der Waals surface area contributed by atoms with Crippen LogP contribution in [0.2, 0.25) is 0 Å². The number of para-hydroxylation sites is 1. The summed E-state index contributed by atoms with van der Waals surface area (Å²) in [5.74, 6) is 0.0307. The molecule has 122 valence electrons. The van der Waals surface area contributed by atoms with Gasteiger partial charge in [-0.1, -0.05) is 19.1 Å². The number of carbonyl (C=O) groups excluding carboxylic acids is 1. The third-order valence-corrected chi connectivity index (χ3v) is 3.37. The van der Waals surface area contributed by atoms with Gasteiger partial charge in [0.1, 0.15) is 11.6 Å². The molecule has 23 heavy (non-hydrogen) atoms. The average molecular weight is 316 g/mol. The van der Waals surface area contributed by atoms with Crippen LogP contribution in [-0.2, 0) is 4.79 Å². The zero-order valence-corrected chi connectivity index (χ0v) is 13.3. The topological polar surface area (TPSA) is 50.4 Å². The van der Waals surface area contributed by atoms with Crippen molar-refractivity contribution in [2.45, 2.75) is 26.4 Å². The first-order valence-electron chi connectivity index (χ1n) is 7.63. The van der Waals surface area contributed by atoms with Crippen LogP contribution in [0.3, 0.4) is 0 Å². The van der Waals surface area contributed by atoms with Gasteiger partial charge in [-0.2, -0.15) is 0 Å². The molecule has 0 bridgehead atoms. The molecule has 2 rings (SSSR count). The molecule has 0 aliphatic rings. The Hall–Kier alpha value is -2.56. The number of hydrogen-bond donors (Lipinski definition) is 2. The van der Waals surface area contributed by atoms with Crippen LogP contribution in [0, 0.1) is 5.82 Å². The minimum absolute atomic E-state index is 0.0555. The van der Waals surface area contributed by atoms with Crippen LogP contribution in [0.15, 0.2) is 48.5 Å². The number of benzene rings is 2. The van der Waals surface area contributed by atoms with Crippen LogP contribution in [0.4, 0.5) is 15.8 Å². The highest BCUT2D eigenvalue weighted by atomic mass is 19.1. The lowest BCUT2D eigenvalue weighted by Gasteiger charge is -2.13. The minimum Gasteiger partial charge on any atom is -0.491 e. The van der Waals surface area contributed by atoms with Crippen LogP contribution in [0.5, 0.6) is 5.75 Å². The molecule has 1 unspecified atom stereocenters. The van der Waals surface area contributed by atoms with Gasteiger partial charge < -0.3 is 15.4 Å². The van der Waals surface area contributed by atoms with E-state index < -0.39 is 5.82 Å². The van der Waals surface area contributed by atoms with Crippen LogP contribution in [-0.4, -0.2) is 18.6 Å². The molecule has 1 amide bonds. The first-order chi connectivity index (χ1) is 11.1. The monoisotopic (exact) mass is 316 g/mol. The molecule has 2 aromatic rings. The van der Waals surface area contributed by atoms with E-state index in [0.29, 0.717) is 0 Å². The van der Waals surface area contributed by atoms with Gasteiger partial charge in [0.25, 0.3) is 0 Å². The van der Waals surface area contributed by atoms with Crippen LogP contribution in [0.1, 0.15) is 20.3 Å². The molecule has 4 nitrogen and oxygen atoms in total. The smallest absolute Gasteiger partial charge is 0.243 e. The van der Waals surface area contributed by atoms with E-state index in [-0.39, 0.29) is 24.2 Å². The van der Waals surface area contributed by atoms with E-state index in [4.69, 9.17) is 4.74 Å². The van der Waals surface area contributed by atoms with Crippen LogP contribution < -0.4 is 15.4 Å². The molecule has 0 radical (unpaired) electrons. The lowest BCUT2D eigenvalue weighted by atomic mass is 10.2. The van der Waals surface area contributed by atoms with Gasteiger partial charge in [-0.05, 0) is 49.7 Å². The van der Waals surface area contributed by atoms with Gasteiger partial charge in [-0.3, -0.25) is 4.79 Å². The Balaban J connectivity index is 1.83. The molecule has 2 N–H and O–H groups in total. The van der Waals surface area contributed by atoms with Crippen molar-refractivity contribution in [1.82, 2.24) is 0 Å². The Labute approximate surface area is 135 Å². The number of amides is 1. The van der Waals surface area contributed by atoms with Crippen molar-refractivity contribution in [2.75, 3.05) is 17.2 Å². The van der Waals surface area contributed by atoms with Gasteiger partial charge in [0.15, 0.2) is 0 Å². The third kappa shape index (κ3) is 5.29. The molecule has 0 saturated carbocycles. The van der Waals surface area contributed by atoms with Crippen molar-refractivity contribution in [3.8, 4) is 5.75 Å². The molecular weight excluding hydrogens is 295 g/mol. The van der Waals surface area contributed by atoms with Crippen molar-refractivity contribution in [2.24, 2.45) is 0 Å². The summed E-state index contributed by atoms with van der Waals surface area (Å²) >= 11 is 0. The number of halogens is 1. The molecule has 0 aliphatic carbocycles. The normalized spacial score (nSPS) is 11.6. The Morgan fingerprint density at radius 3 is 2.52 bits per heavy atom. The molecule has 0 saturated heterocycles. The molecule has 2 aromatic carbocycles. The Kier molecular flexibility index (Phi) is 5.97. The van der Waals surface area contributed by atoms with Crippen LogP contribution >= 0.6 is 0 Å². The predicted octanol–water partition coefficient (Wildman–Crippen LogP) is 4.05. The molecule has 1 atom stereocenters. The van der Waals surface area contributed by atoms with Gasteiger partial charge in [0.2, 0.25) is 5.91 Å². The lowest BCUT2D eigenvalue weighted by Crippen LogP contribution is -2.22. The second-order valence-corrected chi connectivity index (χ2v) is 5.24. The Morgan fingerprint density at radius 1 is 1.17 bits per heavy atom. The molecule has 0 heterocycles. The fraction of sp³-hybridized carbons (Fsp3) is 0.278. The van der Waals surface area contributed by atoms with Crippen LogP contribution in [0.25, 0.3) is 0 Å². The summed E-state index contributed by atoms with van der Waals surface area (Å²) in [5, 5.41) is 5.51. The van der Waals surface area contributed by atoms with Gasteiger partial charge >= 0.3 is 0 Å². The maximum Gasteiger partial charge on any atom is 0.243 e. The van der Waals surface area contributed by atoms with E-state index in [9.17, 15) is 9.18 Å². The first kappa shape index (κ1) is 16.8. The third-order valence-electron chi connectivity index (χ3n) is 3.37. The fourth-order valence-electron chi connectivity index (χ4n) is 1.91. The Bertz CT molecular complexity index is 644. The maximum absolute atomic E-state index is 13.4. The zero-order valence-electron chi connectivity index (χ0n) is 13.3. The first-order valence-corrected chi connectivity index (χ1v) is 7.63. The summed E-state index contributed by atoms with van der Waals surface area (Å²) < 4.78 is 19.1. The van der Waals surface area contributed by atoms with E-state index in [1.807, 2.05) is 31.2 Å². The van der Waals surface area contributed by atoms with Crippen molar-refractivity contribution in [1.29, 1.82) is 0 Å². The van der Waals surface area contributed by atoms with Gasteiger partial charge in [0.05, 0.1) is 18.3 Å². The lowest BCUT2D eigenvalue weighted by molar-refractivity contribution is -0.114. The molecule has 0 fully saturated rings. The van der Waals surface area contributed by atoms with Crippen molar-refractivity contribution in [3.05, 3.63) is 54.3 Å². The van der Waals surface area contributed by atoms with Gasteiger partial charge in [0, 0.05) is 5.69 Å². The summed E-state index contributed by atoms with van der Waals surface area (Å²) in [7, 11) is 0. The summed E-state index contributed by atoms with van der Waals surface area (Å²) in [5.41, 5.74) is 0.974. The van der Waals surface area contributed by atoms with Gasteiger partial charge in [-0.15, -0.1) is 0 Å². The maximum atomic E-state index is 13.4. The number of ether oxygens (including phenoxy) is 1. The quantitative estimate of drug-likeness (QED) is 0.810.